The van der Waals surface area contributed by atoms with Crippen molar-refractivity contribution in [3.05, 3.63) is 21.3 Å². The Bertz CT molecular complexity index is 383. The Balaban J connectivity index is 1.74. The number of halogens is 4. The summed E-state index contributed by atoms with van der Waals surface area (Å²) < 4.78 is 38.2. The van der Waals surface area contributed by atoms with Gasteiger partial charge < -0.3 is 5.32 Å². The zero-order valence-corrected chi connectivity index (χ0v) is 11.3. The fraction of sp³-hybridized carbons (Fsp3) is 0.667. The Morgan fingerprint density at radius 2 is 1.89 bits per heavy atom. The molecule has 102 valence electrons. The lowest BCUT2D eigenvalue weighted by Gasteiger charge is -2.30. The van der Waals surface area contributed by atoms with Gasteiger partial charge in [0.2, 0.25) is 0 Å². The molecule has 1 aliphatic carbocycles. The van der Waals surface area contributed by atoms with Gasteiger partial charge in [0.05, 0.1) is 10.3 Å². The van der Waals surface area contributed by atoms with Crippen LogP contribution in [-0.2, 0) is 6.54 Å². The van der Waals surface area contributed by atoms with Crippen LogP contribution in [0.15, 0.2) is 12.1 Å². The van der Waals surface area contributed by atoms with Gasteiger partial charge in [0.1, 0.15) is 0 Å². The lowest BCUT2D eigenvalue weighted by atomic mass is 9.85. The van der Waals surface area contributed by atoms with Crippen LogP contribution in [0, 0.1) is 5.92 Å². The number of nitrogens with one attached hydrogen (secondary N) is 1. The number of alkyl halides is 3. The highest BCUT2D eigenvalue weighted by Crippen LogP contribution is 2.37. The Kier molecular flexibility index (Phi) is 4.56. The highest BCUT2D eigenvalue weighted by molar-refractivity contribution is 7.16. The molecule has 1 aliphatic rings. The van der Waals surface area contributed by atoms with Gasteiger partial charge in [0.15, 0.2) is 0 Å². The maximum absolute atomic E-state index is 12.5. The Labute approximate surface area is 113 Å². The van der Waals surface area contributed by atoms with Crippen molar-refractivity contribution >= 4 is 22.9 Å². The number of hydrogen-bond acceptors (Lipinski definition) is 2. The molecule has 0 radical (unpaired) electrons. The zero-order valence-electron chi connectivity index (χ0n) is 9.77. The van der Waals surface area contributed by atoms with Crippen molar-refractivity contribution in [2.24, 2.45) is 5.92 Å². The minimum atomic E-state index is -4.02. The van der Waals surface area contributed by atoms with Crippen molar-refractivity contribution in [1.29, 1.82) is 0 Å². The topological polar surface area (TPSA) is 12.0 Å². The van der Waals surface area contributed by atoms with E-state index < -0.39 is 12.1 Å². The molecule has 0 saturated heterocycles. The third-order valence-corrected chi connectivity index (χ3v) is 4.62. The van der Waals surface area contributed by atoms with Gasteiger partial charge in [-0.3, -0.25) is 0 Å². The fourth-order valence-electron chi connectivity index (χ4n) is 2.32. The summed E-state index contributed by atoms with van der Waals surface area (Å²) in [5.74, 6) is -1.10. The Hall–Kier alpha value is -0.260. The molecule has 1 fully saturated rings. The number of hydrogen-bond donors (Lipinski definition) is 1. The lowest BCUT2D eigenvalue weighted by Crippen LogP contribution is -2.36. The van der Waals surface area contributed by atoms with Gasteiger partial charge in [-0.05, 0) is 37.8 Å². The standard InChI is InChI=1S/C12H15ClF3NS/c13-11-6-5-10(18-11)7-17-9-3-1-8(2-4-9)12(14,15)16/h5-6,8-9,17H,1-4,7H2. The normalized spacial score (nSPS) is 25.3. The van der Waals surface area contributed by atoms with Crippen LogP contribution in [0.2, 0.25) is 4.34 Å². The summed E-state index contributed by atoms with van der Waals surface area (Å²) in [6.07, 6.45) is -2.34. The molecule has 1 saturated carbocycles. The van der Waals surface area contributed by atoms with Crippen LogP contribution < -0.4 is 5.32 Å². The van der Waals surface area contributed by atoms with Crippen LogP contribution in [0.4, 0.5) is 13.2 Å². The van der Waals surface area contributed by atoms with E-state index in [-0.39, 0.29) is 18.9 Å². The molecule has 0 aromatic carbocycles. The van der Waals surface area contributed by atoms with Gasteiger partial charge in [-0.1, -0.05) is 11.6 Å². The first-order valence-corrected chi connectivity index (χ1v) is 7.19. The Morgan fingerprint density at radius 3 is 2.39 bits per heavy atom. The molecule has 6 heteroatoms. The molecule has 0 spiro atoms. The van der Waals surface area contributed by atoms with Crippen LogP contribution in [-0.4, -0.2) is 12.2 Å². The molecule has 0 atom stereocenters. The molecule has 0 amide bonds. The molecular formula is C12H15ClF3NS. The first-order chi connectivity index (χ1) is 8.45. The second-order valence-electron chi connectivity index (χ2n) is 4.68. The lowest BCUT2D eigenvalue weighted by molar-refractivity contribution is -0.182. The van der Waals surface area contributed by atoms with Crippen molar-refractivity contribution in [1.82, 2.24) is 5.32 Å². The zero-order chi connectivity index (χ0) is 13.2. The summed E-state index contributed by atoms with van der Waals surface area (Å²) in [4.78, 5) is 1.12. The van der Waals surface area contributed by atoms with E-state index in [9.17, 15) is 13.2 Å². The Morgan fingerprint density at radius 1 is 1.22 bits per heavy atom. The first kappa shape index (κ1) is 14.2. The molecule has 1 nitrogen and oxygen atoms in total. The highest BCUT2D eigenvalue weighted by atomic mass is 35.5. The minimum Gasteiger partial charge on any atom is -0.309 e. The van der Waals surface area contributed by atoms with Gasteiger partial charge in [0.25, 0.3) is 0 Å². The van der Waals surface area contributed by atoms with Crippen LogP contribution in [0.25, 0.3) is 0 Å². The van der Waals surface area contributed by atoms with E-state index in [2.05, 4.69) is 5.32 Å². The van der Waals surface area contributed by atoms with Crippen molar-refractivity contribution in [2.75, 3.05) is 0 Å². The summed E-state index contributed by atoms with van der Waals surface area (Å²) >= 11 is 7.32. The summed E-state index contributed by atoms with van der Waals surface area (Å²) in [6, 6.07) is 3.98. The monoisotopic (exact) mass is 297 g/mol. The van der Waals surface area contributed by atoms with E-state index >= 15 is 0 Å². The molecule has 1 aromatic rings. The largest absolute Gasteiger partial charge is 0.391 e. The van der Waals surface area contributed by atoms with Crippen LogP contribution >= 0.6 is 22.9 Å². The fourth-order valence-corrected chi connectivity index (χ4v) is 3.35. The molecule has 0 bridgehead atoms. The molecule has 0 aliphatic heterocycles. The molecule has 1 aromatic heterocycles. The third kappa shape index (κ3) is 3.87. The average Bonchev–Trinajstić information content (AvgIpc) is 2.72. The smallest absolute Gasteiger partial charge is 0.309 e. The van der Waals surface area contributed by atoms with Gasteiger partial charge in [-0.15, -0.1) is 11.3 Å². The van der Waals surface area contributed by atoms with Gasteiger partial charge >= 0.3 is 6.18 Å². The summed E-state index contributed by atoms with van der Waals surface area (Å²) in [5.41, 5.74) is 0. The van der Waals surface area contributed by atoms with Gasteiger partial charge in [-0.25, -0.2) is 0 Å². The van der Waals surface area contributed by atoms with Crippen molar-refractivity contribution in [3.8, 4) is 0 Å². The maximum atomic E-state index is 12.5. The SMILES string of the molecule is FC(F)(F)C1CCC(NCc2ccc(Cl)s2)CC1. The summed E-state index contributed by atoms with van der Waals surface area (Å²) in [7, 11) is 0. The predicted octanol–water partition coefficient (Wildman–Crippen LogP) is 4.61. The molecule has 2 rings (SSSR count). The van der Waals surface area contributed by atoms with E-state index in [1.807, 2.05) is 12.1 Å². The van der Waals surface area contributed by atoms with Crippen molar-refractivity contribution in [2.45, 2.75) is 44.4 Å². The second kappa shape index (κ2) is 5.80. The molecule has 1 heterocycles. The first-order valence-electron chi connectivity index (χ1n) is 5.99. The minimum absolute atomic E-state index is 0.199. The van der Waals surface area contributed by atoms with Gasteiger partial charge in [0, 0.05) is 17.5 Å². The van der Waals surface area contributed by atoms with E-state index in [0.717, 1.165) is 9.21 Å². The quantitative estimate of drug-likeness (QED) is 0.859. The number of thiophene rings is 1. The predicted molar refractivity (Wildman–Crippen MR) is 68.0 cm³/mol. The van der Waals surface area contributed by atoms with Crippen LogP contribution in [0.5, 0.6) is 0 Å². The van der Waals surface area contributed by atoms with E-state index in [0.29, 0.717) is 19.4 Å². The number of rotatable bonds is 3. The molecule has 1 N–H and O–H groups in total. The van der Waals surface area contributed by atoms with Crippen molar-refractivity contribution in [3.63, 3.8) is 0 Å². The molecule has 0 unspecified atom stereocenters. The average molecular weight is 298 g/mol. The van der Waals surface area contributed by atoms with Gasteiger partial charge in [-0.2, -0.15) is 13.2 Å². The van der Waals surface area contributed by atoms with Crippen molar-refractivity contribution < 1.29 is 13.2 Å². The van der Waals surface area contributed by atoms with Crippen LogP contribution in [0.1, 0.15) is 30.6 Å². The second-order valence-corrected chi connectivity index (χ2v) is 6.48. The van der Waals surface area contributed by atoms with E-state index in [4.69, 9.17) is 11.6 Å². The molecular weight excluding hydrogens is 283 g/mol. The van der Waals surface area contributed by atoms with E-state index in [1.165, 1.54) is 11.3 Å². The third-order valence-electron chi connectivity index (χ3n) is 3.38. The summed E-state index contributed by atoms with van der Waals surface area (Å²) in [5, 5.41) is 3.31. The highest BCUT2D eigenvalue weighted by Gasteiger charge is 2.41. The maximum Gasteiger partial charge on any atom is 0.391 e. The summed E-state index contributed by atoms with van der Waals surface area (Å²) in [6.45, 7) is 0.693. The molecule has 18 heavy (non-hydrogen) atoms. The van der Waals surface area contributed by atoms with Crippen LogP contribution in [0.3, 0.4) is 0 Å². The van der Waals surface area contributed by atoms with E-state index in [1.54, 1.807) is 0 Å².